The number of carbonyl (C=O) groups excluding carboxylic acids is 2. The molecule has 3 aliphatic heterocycles. The highest BCUT2D eigenvalue weighted by atomic mass is 19.2. The van der Waals surface area contributed by atoms with Gasteiger partial charge in [-0.25, -0.2) is 13.2 Å². The van der Waals surface area contributed by atoms with Crippen molar-refractivity contribution in [1.29, 1.82) is 0 Å². The van der Waals surface area contributed by atoms with Gasteiger partial charge in [-0.15, -0.1) is 0 Å². The summed E-state index contributed by atoms with van der Waals surface area (Å²) in [4.78, 5) is 46.1. The molecule has 0 saturated carbocycles. The molecule has 0 spiro atoms. The van der Waals surface area contributed by atoms with Crippen molar-refractivity contribution in [3.05, 3.63) is 98.6 Å². The van der Waals surface area contributed by atoms with Crippen LogP contribution in [0.25, 0.3) is 10.9 Å². The second-order valence-electron chi connectivity index (χ2n) is 13.4. The first-order valence-corrected chi connectivity index (χ1v) is 16.6. The quantitative estimate of drug-likeness (QED) is 0.293. The number of likely N-dealkylation sites (tertiary alicyclic amines) is 1. The molecule has 2 amide bonds. The molecular formula is C37H38F3N5O4. The maximum Gasteiger partial charge on any atom is 0.259 e. The van der Waals surface area contributed by atoms with E-state index in [1.807, 2.05) is 35.6 Å². The highest BCUT2D eigenvalue weighted by Gasteiger charge is 2.33. The van der Waals surface area contributed by atoms with Crippen molar-refractivity contribution in [3.8, 4) is 5.75 Å². The minimum absolute atomic E-state index is 0.0161. The summed E-state index contributed by atoms with van der Waals surface area (Å²) >= 11 is 0. The van der Waals surface area contributed by atoms with Gasteiger partial charge in [0.1, 0.15) is 17.9 Å². The third kappa shape index (κ3) is 6.03. The second kappa shape index (κ2) is 12.9. The topological polar surface area (TPSA) is 87.1 Å². The van der Waals surface area contributed by atoms with E-state index in [0.717, 1.165) is 24.7 Å². The van der Waals surface area contributed by atoms with Crippen LogP contribution in [-0.2, 0) is 0 Å². The Labute approximate surface area is 281 Å². The normalized spacial score (nSPS) is 18.4. The van der Waals surface area contributed by atoms with Crippen LogP contribution < -0.4 is 20.4 Å². The lowest BCUT2D eigenvalue weighted by Crippen LogP contribution is -2.45. The van der Waals surface area contributed by atoms with Crippen molar-refractivity contribution in [2.75, 3.05) is 63.1 Å². The largest absolute Gasteiger partial charge is 0.487 e. The molecule has 0 aliphatic carbocycles. The molecule has 2 saturated heterocycles. The van der Waals surface area contributed by atoms with Crippen LogP contribution in [0, 0.1) is 24.4 Å². The molecule has 2 fully saturated rings. The number of ether oxygens (including phenoxy) is 1. The Hall–Kier alpha value is -4.84. The van der Waals surface area contributed by atoms with Crippen LogP contribution in [0.15, 0.2) is 53.5 Å². The molecule has 4 aromatic rings. The Bertz CT molecular complexity index is 2020. The number of piperidine rings is 1. The van der Waals surface area contributed by atoms with Gasteiger partial charge in [0, 0.05) is 51.2 Å². The molecule has 7 rings (SSSR count). The first-order valence-electron chi connectivity index (χ1n) is 16.6. The average molecular weight is 674 g/mol. The van der Waals surface area contributed by atoms with Crippen molar-refractivity contribution in [2.24, 2.45) is 0 Å². The molecule has 4 heterocycles. The highest BCUT2D eigenvalue weighted by Crippen LogP contribution is 2.42. The molecule has 256 valence electrons. The average Bonchev–Trinajstić information content (AvgIpc) is 3.09. The number of aromatic nitrogens is 1. The number of piperazine rings is 1. The molecule has 1 unspecified atom stereocenters. The summed E-state index contributed by atoms with van der Waals surface area (Å²) in [5, 5.41) is 2.76. The number of rotatable bonds is 5. The van der Waals surface area contributed by atoms with Gasteiger partial charge in [0.25, 0.3) is 11.8 Å². The summed E-state index contributed by atoms with van der Waals surface area (Å²) in [6, 6.07) is 10.6. The van der Waals surface area contributed by atoms with E-state index in [1.165, 1.54) is 12.1 Å². The number of pyridine rings is 1. The van der Waals surface area contributed by atoms with E-state index in [-0.39, 0.29) is 41.0 Å². The summed E-state index contributed by atoms with van der Waals surface area (Å²) < 4.78 is 51.7. The molecule has 3 aliphatic rings. The molecule has 1 N–H and O–H groups in total. The Morgan fingerprint density at radius 3 is 2.29 bits per heavy atom. The predicted molar refractivity (Wildman–Crippen MR) is 181 cm³/mol. The number of nitrogens with zero attached hydrogens (tertiary/aromatic N) is 4. The zero-order chi connectivity index (χ0) is 34.6. The second-order valence-corrected chi connectivity index (χ2v) is 13.4. The minimum Gasteiger partial charge on any atom is -0.487 e. The predicted octanol–water partition coefficient (Wildman–Crippen LogP) is 5.70. The highest BCUT2D eigenvalue weighted by molar-refractivity contribution is 6.04. The summed E-state index contributed by atoms with van der Waals surface area (Å²) in [5.41, 5.74) is 1.93. The number of benzene rings is 3. The van der Waals surface area contributed by atoms with Crippen molar-refractivity contribution >= 4 is 34.1 Å². The van der Waals surface area contributed by atoms with Crippen molar-refractivity contribution in [1.82, 2.24) is 14.4 Å². The van der Waals surface area contributed by atoms with Gasteiger partial charge in [0.05, 0.1) is 22.5 Å². The number of aryl methyl sites for hydroxylation is 1. The van der Waals surface area contributed by atoms with Gasteiger partial charge < -0.3 is 29.3 Å². The summed E-state index contributed by atoms with van der Waals surface area (Å²) in [6.45, 7) is 7.53. The van der Waals surface area contributed by atoms with Crippen LogP contribution in [0.2, 0.25) is 0 Å². The van der Waals surface area contributed by atoms with Crippen LogP contribution in [0.3, 0.4) is 0 Å². The van der Waals surface area contributed by atoms with Gasteiger partial charge in [0.2, 0.25) is 5.43 Å². The number of nitrogens with one attached hydrogen (secondary N) is 1. The van der Waals surface area contributed by atoms with Gasteiger partial charge >= 0.3 is 0 Å². The van der Waals surface area contributed by atoms with Gasteiger partial charge in [-0.1, -0.05) is 12.1 Å². The Balaban J connectivity index is 1.06. The number of carbonyl (C=O) groups is 2. The number of anilines is 2. The number of likely N-dealkylation sites (N-methyl/N-ethyl adjacent to an activating group) is 1. The van der Waals surface area contributed by atoms with Crippen molar-refractivity contribution < 1.29 is 27.5 Å². The maximum atomic E-state index is 15.8. The zero-order valence-corrected chi connectivity index (χ0v) is 27.7. The lowest BCUT2D eigenvalue weighted by Gasteiger charge is -2.37. The molecule has 0 bridgehead atoms. The first kappa shape index (κ1) is 32.7. The molecule has 12 heteroatoms. The summed E-state index contributed by atoms with van der Waals surface area (Å²) in [6.07, 6.45) is 2.93. The van der Waals surface area contributed by atoms with Gasteiger partial charge in [-0.3, -0.25) is 14.4 Å². The monoisotopic (exact) mass is 673 g/mol. The van der Waals surface area contributed by atoms with Crippen LogP contribution >= 0.6 is 0 Å². The Morgan fingerprint density at radius 2 is 1.59 bits per heavy atom. The fourth-order valence-corrected chi connectivity index (χ4v) is 7.20. The Kier molecular flexibility index (Phi) is 8.60. The lowest BCUT2D eigenvalue weighted by molar-refractivity contribution is 0.0710. The molecule has 1 atom stereocenters. The number of halogens is 3. The molecule has 49 heavy (non-hydrogen) atoms. The van der Waals surface area contributed by atoms with E-state index >= 15 is 4.39 Å². The van der Waals surface area contributed by atoms with E-state index in [1.54, 1.807) is 30.2 Å². The van der Waals surface area contributed by atoms with E-state index in [9.17, 15) is 23.2 Å². The van der Waals surface area contributed by atoms with Crippen molar-refractivity contribution in [2.45, 2.75) is 38.6 Å². The molecule has 0 radical (unpaired) electrons. The first-order chi connectivity index (χ1) is 23.5. The number of amides is 2. The van der Waals surface area contributed by atoms with Gasteiger partial charge in [-0.2, -0.15) is 0 Å². The van der Waals surface area contributed by atoms with E-state index < -0.39 is 28.8 Å². The van der Waals surface area contributed by atoms with E-state index in [0.29, 0.717) is 67.2 Å². The summed E-state index contributed by atoms with van der Waals surface area (Å²) in [5.74, 6) is -3.42. The fourth-order valence-electron chi connectivity index (χ4n) is 7.20. The smallest absolute Gasteiger partial charge is 0.259 e. The zero-order valence-electron chi connectivity index (χ0n) is 27.7. The molecule has 1 aromatic heterocycles. The summed E-state index contributed by atoms with van der Waals surface area (Å²) in [7, 11) is 2.03. The van der Waals surface area contributed by atoms with Crippen LogP contribution in [-0.4, -0.2) is 79.1 Å². The molecule has 9 nitrogen and oxygen atoms in total. The fraction of sp³-hybridized carbons (Fsp3) is 0.378. The Morgan fingerprint density at radius 1 is 0.898 bits per heavy atom. The number of hydrogen-bond acceptors (Lipinski definition) is 6. The maximum absolute atomic E-state index is 15.8. The third-order valence-electron chi connectivity index (χ3n) is 10.0. The third-order valence-corrected chi connectivity index (χ3v) is 10.0. The lowest BCUT2D eigenvalue weighted by atomic mass is 9.89. The molecule has 3 aromatic carbocycles. The van der Waals surface area contributed by atoms with Crippen LogP contribution in [0.5, 0.6) is 5.75 Å². The standard InChI is InChI=1S/C37H38F3N5O4/c1-21-16-26(31(40)29(38)17-21)36(47)41-25-6-4-23(5-7-25)24-8-10-44(11-9-24)37(48)28-19-45-22(2)20-49-35-32(45)27(34(28)46)18-30(39)33(35)43-14-12-42(3)13-15-43/h4-7,16-19,22,24H,8-15,20H2,1-3H3,(H,41,47). The van der Waals surface area contributed by atoms with E-state index in [4.69, 9.17) is 4.74 Å². The van der Waals surface area contributed by atoms with Gasteiger partial charge in [0.15, 0.2) is 23.2 Å². The number of hydrogen-bond donors (Lipinski definition) is 1. The SMILES string of the molecule is Cc1cc(F)c(F)c(C(=O)Nc2ccc(C3CCN(C(=O)c4cn5c6c(c(N7CCN(C)CC7)c(F)cc6c4=O)OCC5C)CC3)cc2)c1. The van der Waals surface area contributed by atoms with E-state index in [2.05, 4.69) is 10.2 Å². The molecular weight excluding hydrogens is 635 g/mol. The van der Waals surface area contributed by atoms with Crippen LogP contribution in [0.1, 0.15) is 63.6 Å². The van der Waals surface area contributed by atoms with Crippen molar-refractivity contribution in [3.63, 3.8) is 0 Å². The van der Waals surface area contributed by atoms with Crippen LogP contribution in [0.4, 0.5) is 24.5 Å². The minimum atomic E-state index is -1.19. The van der Waals surface area contributed by atoms with Gasteiger partial charge in [-0.05, 0) is 81.1 Å².